The SMILES string of the molecule is C=C/C=C\C(=C)C/C(C/C=C\C=C/C)=C(\C=C/C)c1cc(CN=C(/C=C/C=C/C=C\C=C/N=C)/C(C=C)=C/C=C)cc(-c2ccc(-c3ccccc3)c(C(/C=C\C)=C/CC)c2)c1. The Bertz CT molecular complexity index is 2400. The first-order valence-corrected chi connectivity index (χ1v) is 21.3. The number of benzene rings is 3. The molecule has 0 atom stereocenters. The molecular formula is C60H64N2. The zero-order valence-electron chi connectivity index (χ0n) is 37.4. The number of nitrogens with zero attached hydrogens (tertiary/aromatic N) is 2. The molecule has 62 heavy (non-hydrogen) atoms. The quantitative estimate of drug-likeness (QED) is 0.0636. The maximum absolute atomic E-state index is 5.22. The van der Waals surface area contributed by atoms with Crippen LogP contribution in [-0.4, -0.2) is 12.4 Å². The zero-order valence-corrected chi connectivity index (χ0v) is 37.4. The molecule has 0 unspecified atom stereocenters. The van der Waals surface area contributed by atoms with E-state index in [-0.39, 0.29) is 0 Å². The van der Waals surface area contributed by atoms with Crippen molar-refractivity contribution >= 4 is 23.6 Å². The molecule has 0 fully saturated rings. The van der Waals surface area contributed by atoms with Gasteiger partial charge in [-0.25, -0.2) is 0 Å². The van der Waals surface area contributed by atoms with Crippen LogP contribution in [-0.2, 0) is 6.54 Å². The first-order valence-electron chi connectivity index (χ1n) is 21.3. The van der Waals surface area contributed by atoms with Crippen LogP contribution < -0.4 is 0 Å². The van der Waals surface area contributed by atoms with Crippen LogP contribution in [0.3, 0.4) is 0 Å². The summed E-state index contributed by atoms with van der Waals surface area (Å²) in [7, 11) is 0. The lowest BCUT2D eigenvalue weighted by Crippen LogP contribution is -2.00. The first kappa shape index (κ1) is 49.2. The van der Waals surface area contributed by atoms with Crippen LogP contribution in [0.2, 0.25) is 0 Å². The Hall–Kier alpha value is -7.16. The Labute approximate surface area is 374 Å². The Morgan fingerprint density at radius 1 is 0.677 bits per heavy atom. The third kappa shape index (κ3) is 16.5. The summed E-state index contributed by atoms with van der Waals surface area (Å²) in [6.45, 7) is 28.6. The maximum atomic E-state index is 5.22. The minimum absolute atomic E-state index is 0.439. The van der Waals surface area contributed by atoms with Crippen molar-refractivity contribution in [2.75, 3.05) is 0 Å². The van der Waals surface area contributed by atoms with Gasteiger partial charge in [0.2, 0.25) is 0 Å². The molecule has 3 rings (SSSR count). The van der Waals surface area contributed by atoms with Gasteiger partial charge in [0.1, 0.15) is 0 Å². The lowest BCUT2D eigenvalue weighted by atomic mass is 9.87. The molecule has 0 heterocycles. The molecule has 3 aromatic rings. The highest BCUT2D eigenvalue weighted by Gasteiger charge is 2.15. The van der Waals surface area contributed by atoms with Gasteiger partial charge in [-0.3, -0.25) is 9.98 Å². The van der Waals surface area contributed by atoms with E-state index in [0.717, 1.165) is 57.5 Å². The van der Waals surface area contributed by atoms with Gasteiger partial charge in [0.15, 0.2) is 0 Å². The highest BCUT2D eigenvalue weighted by molar-refractivity contribution is 6.10. The third-order valence-electron chi connectivity index (χ3n) is 9.50. The van der Waals surface area contributed by atoms with E-state index in [1.54, 1.807) is 18.4 Å². The molecule has 0 amide bonds. The van der Waals surface area contributed by atoms with Crippen molar-refractivity contribution in [3.05, 3.63) is 266 Å². The van der Waals surface area contributed by atoms with E-state index in [1.165, 1.54) is 27.8 Å². The third-order valence-corrected chi connectivity index (χ3v) is 9.50. The molecule has 2 nitrogen and oxygen atoms in total. The largest absolute Gasteiger partial charge is 0.280 e. The lowest BCUT2D eigenvalue weighted by molar-refractivity contribution is 1.06. The van der Waals surface area contributed by atoms with E-state index >= 15 is 0 Å². The van der Waals surface area contributed by atoms with Crippen LogP contribution in [0.4, 0.5) is 0 Å². The van der Waals surface area contributed by atoms with Crippen molar-refractivity contribution in [3.8, 4) is 22.3 Å². The summed E-state index contributed by atoms with van der Waals surface area (Å²) in [4.78, 5) is 8.96. The van der Waals surface area contributed by atoms with E-state index < -0.39 is 0 Å². The lowest BCUT2D eigenvalue weighted by Gasteiger charge is -2.17. The fourth-order valence-electron chi connectivity index (χ4n) is 6.72. The number of rotatable bonds is 24. The summed E-state index contributed by atoms with van der Waals surface area (Å²) < 4.78 is 0. The zero-order chi connectivity index (χ0) is 44.8. The average Bonchev–Trinajstić information content (AvgIpc) is 3.29. The molecule has 0 radical (unpaired) electrons. The Morgan fingerprint density at radius 3 is 2.11 bits per heavy atom. The molecule has 0 aliphatic rings. The Balaban J connectivity index is 2.43. The van der Waals surface area contributed by atoms with Gasteiger partial charge in [-0.15, -0.1) is 0 Å². The fraction of sp³-hybridized carbons (Fsp3) is 0.133. The van der Waals surface area contributed by atoms with Gasteiger partial charge in [-0.05, 0) is 139 Å². The van der Waals surface area contributed by atoms with Gasteiger partial charge in [0.25, 0.3) is 0 Å². The molecule has 0 spiro atoms. The van der Waals surface area contributed by atoms with Crippen molar-refractivity contribution < 1.29 is 0 Å². The van der Waals surface area contributed by atoms with Crippen LogP contribution in [0.1, 0.15) is 63.6 Å². The highest BCUT2D eigenvalue weighted by atomic mass is 14.7. The van der Waals surface area contributed by atoms with Crippen LogP contribution >= 0.6 is 0 Å². The second-order valence-electron chi connectivity index (χ2n) is 14.1. The van der Waals surface area contributed by atoms with E-state index in [2.05, 4.69) is 174 Å². The van der Waals surface area contributed by atoms with Crippen molar-refractivity contribution in [2.45, 2.75) is 53.5 Å². The minimum atomic E-state index is 0.439. The number of aliphatic imine (C=N–C) groups is 2. The maximum Gasteiger partial charge on any atom is 0.0650 e. The predicted octanol–water partition coefficient (Wildman–Crippen LogP) is 17.1. The van der Waals surface area contributed by atoms with Gasteiger partial charge < -0.3 is 0 Å². The average molecular weight is 813 g/mol. The summed E-state index contributed by atoms with van der Waals surface area (Å²) in [6, 6.07) is 24.4. The monoisotopic (exact) mass is 813 g/mol. The topological polar surface area (TPSA) is 24.7 Å². The van der Waals surface area contributed by atoms with Crippen molar-refractivity contribution in [2.24, 2.45) is 9.98 Å². The number of hydrogen-bond donors (Lipinski definition) is 0. The van der Waals surface area contributed by atoms with E-state index in [0.29, 0.717) is 13.0 Å². The molecule has 0 saturated heterocycles. The molecule has 0 aliphatic heterocycles. The number of hydrogen-bond acceptors (Lipinski definition) is 2. The molecule has 0 N–H and O–H groups in total. The van der Waals surface area contributed by atoms with Gasteiger partial charge in [-0.1, -0.05) is 208 Å². The van der Waals surface area contributed by atoms with Gasteiger partial charge in [0, 0.05) is 6.20 Å². The second-order valence-corrected chi connectivity index (χ2v) is 14.1. The van der Waals surface area contributed by atoms with E-state index in [9.17, 15) is 0 Å². The van der Waals surface area contributed by atoms with E-state index in [1.807, 2.05) is 79.8 Å². The van der Waals surface area contributed by atoms with E-state index in [4.69, 9.17) is 4.99 Å². The highest BCUT2D eigenvalue weighted by Crippen LogP contribution is 2.37. The fourth-order valence-corrected chi connectivity index (χ4v) is 6.72. The summed E-state index contributed by atoms with van der Waals surface area (Å²) in [5.41, 5.74) is 14.3. The molecule has 314 valence electrons. The van der Waals surface area contributed by atoms with Crippen LogP contribution in [0.15, 0.2) is 260 Å². The molecule has 0 saturated carbocycles. The minimum Gasteiger partial charge on any atom is -0.280 e. The standard InChI is InChI=1S/C60H64N2/c1-10-17-19-25-37-54(42-48(8)34-18-11-2)57(33-15-6)56-44-49(47-62-60(50(16-7)30-12-3)38-28-22-20-21-23-29-41-61-9)43-55(45-56)53-39-40-58(52-35-26-24-27-36-52)59(46-53)51(31-13-4)32-14-5/h10-13,15-36,38-41,43-46H,2-3,7-9,14,37,42,47H2,1,4-6H3/b17-10-,22-20+,23-21-,25-19-,31-13-,33-15-,34-18-,38-28+,41-29-,50-30+,51-32+,57-54+,62-60?. The van der Waals surface area contributed by atoms with Gasteiger partial charge >= 0.3 is 0 Å². The van der Waals surface area contributed by atoms with Crippen molar-refractivity contribution in [1.29, 1.82) is 0 Å². The summed E-state index contributed by atoms with van der Waals surface area (Å²) >= 11 is 0. The van der Waals surface area contributed by atoms with Gasteiger partial charge in [-0.2, -0.15) is 0 Å². The first-order chi connectivity index (χ1) is 30.4. The molecule has 2 heteroatoms. The molecule has 0 aromatic heterocycles. The normalized spacial score (nSPS) is 13.7. The predicted molar refractivity (Wildman–Crippen MR) is 280 cm³/mol. The van der Waals surface area contributed by atoms with Gasteiger partial charge in [0.05, 0.1) is 12.3 Å². The van der Waals surface area contributed by atoms with Crippen molar-refractivity contribution in [1.82, 2.24) is 0 Å². The molecule has 0 bridgehead atoms. The van der Waals surface area contributed by atoms with Crippen LogP contribution in [0.5, 0.6) is 0 Å². The van der Waals surface area contributed by atoms with Crippen LogP contribution in [0.25, 0.3) is 33.4 Å². The molecule has 3 aromatic carbocycles. The summed E-state index contributed by atoms with van der Waals surface area (Å²) in [5.74, 6) is 0. The molecular weight excluding hydrogens is 749 g/mol. The Morgan fingerprint density at radius 2 is 1.44 bits per heavy atom. The van der Waals surface area contributed by atoms with Crippen LogP contribution in [0, 0.1) is 0 Å². The second kappa shape index (κ2) is 29.1. The summed E-state index contributed by atoms with van der Waals surface area (Å²) in [6.07, 6.45) is 48.4. The summed E-state index contributed by atoms with van der Waals surface area (Å²) in [5, 5.41) is 0. The number of allylic oxidation sites excluding steroid dienone is 27. The Kier molecular flexibility index (Phi) is 23.1. The molecule has 0 aliphatic carbocycles. The van der Waals surface area contributed by atoms with Crippen molar-refractivity contribution in [3.63, 3.8) is 0 Å². The smallest absolute Gasteiger partial charge is 0.0650 e.